The fraction of sp³-hybridized carbons (Fsp3) is 0.682. The third-order valence-electron chi connectivity index (χ3n) is 4.54. The van der Waals surface area contributed by atoms with Crippen LogP contribution in [0.1, 0.15) is 45.1 Å². The number of rotatable bonds is 13. The summed E-state index contributed by atoms with van der Waals surface area (Å²) in [6.45, 7) is 9.31. The zero-order valence-electron chi connectivity index (χ0n) is 18.6. The van der Waals surface area contributed by atoms with E-state index in [0.717, 1.165) is 75.0 Å². The summed E-state index contributed by atoms with van der Waals surface area (Å²) in [7, 11) is 1.66. The maximum Gasteiger partial charge on any atom is 0.191 e. The van der Waals surface area contributed by atoms with E-state index in [1.54, 1.807) is 7.11 Å². The third-order valence-corrected chi connectivity index (χ3v) is 4.54. The van der Waals surface area contributed by atoms with Gasteiger partial charge in [-0.3, -0.25) is 0 Å². The Kier molecular flexibility index (Phi) is 14.7. The topological polar surface area (TPSA) is 73.3 Å². The molecule has 1 aliphatic rings. The van der Waals surface area contributed by atoms with Gasteiger partial charge in [0, 0.05) is 26.3 Å². The molecule has 1 aliphatic heterocycles. The minimum atomic E-state index is 0. The highest BCUT2D eigenvalue weighted by molar-refractivity contribution is 14.0. The van der Waals surface area contributed by atoms with Crippen LogP contribution >= 0.6 is 24.0 Å². The fourth-order valence-corrected chi connectivity index (χ4v) is 3.03. The lowest BCUT2D eigenvalue weighted by Gasteiger charge is -2.13. The molecule has 8 heteroatoms. The predicted molar refractivity (Wildman–Crippen MR) is 131 cm³/mol. The Bertz CT molecular complexity index is 610. The standard InChI is InChI=1S/C22H37N3O4.HI/c1-4-12-29-20-10-9-18(15-21(20)26-3)16-25-22(23-5-2)24-11-7-13-27-17-19-8-6-14-28-19;/h9-10,15,19H,4-8,11-14,16-17H2,1-3H3,(H2,23,24,25);1H. The van der Waals surface area contributed by atoms with E-state index in [9.17, 15) is 0 Å². The first-order chi connectivity index (χ1) is 14.3. The lowest BCUT2D eigenvalue weighted by molar-refractivity contribution is 0.0168. The number of benzene rings is 1. The number of ether oxygens (including phenoxy) is 4. The molecule has 1 aromatic rings. The zero-order chi connectivity index (χ0) is 20.7. The van der Waals surface area contributed by atoms with Gasteiger partial charge < -0.3 is 29.6 Å². The smallest absolute Gasteiger partial charge is 0.191 e. The molecule has 0 aromatic heterocycles. The molecular formula is C22H38IN3O4. The number of aliphatic imine (C=N–C) groups is 1. The van der Waals surface area contributed by atoms with E-state index >= 15 is 0 Å². The molecule has 7 nitrogen and oxygen atoms in total. The predicted octanol–water partition coefficient (Wildman–Crippen LogP) is 3.74. The molecule has 0 amide bonds. The van der Waals surface area contributed by atoms with Gasteiger partial charge in [0.1, 0.15) is 0 Å². The summed E-state index contributed by atoms with van der Waals surface area (Å²) in [4.78, 5) is 4.67. The molecule has 0 radical (unpaired) electrons. The van der Waals surface area contributed by atoms with Gasteiger partial charge in [-0.1, -0.05) is 13.0 Å². The van der Waals surface area contributed by atoms with E-state index in [4.69, 9.17) is 18.9 Å². The van der Waals surface area contributed by atoms with Gasteiger partial charge in [0.15, 0.2) is 17.5 Å². The fourth-order valence-electron chi connectivity index (χ4n) is 3.03. The van der Waals surface area contributed by atoms with Crippen molar-refractivity contribution in [3.8, 4) is 11.5 Å². The minimum Gasteiger partial charge on any atom is -0.493 e. The maximum absolute atomic E-state index is 5.71. The van der Waals surface area contributed by atoms with Crippen molar-refractivity contribution in [1.82, 2.24) is 10.6 Å². The third kappa shape index (κ3) is 10.2. The second kappa shape index (κ2) is 16.4. The molecule has 2 rings (SSSR count). The molecule has 1 fully saturated rings. The van der Waals surface area contributed by atoms with E-state index in [0.29, 0.717) is 19.8 Å². The molecule has 2 N–H and O–H groups in total. The Morgan fingerprint density at radius 1 is 1.20 bits per heavy atom. The van der Waals surface area contributed by atoms with Crippen LogP contribution in [0.5, 0.6) is 11.5 Å². The van der Waals surface area contributed by atoms with Crippen molar-refractivity contribution in [3.63, 3.8) is 0 Å². The van der Waals surface area contributed by atoms with Crippen LogP contribution in [-0.4, -0.2) is 58.7 Å². The van der Waals surface area contributed by atoms with E-state index in [-0.39, 0.29) is 30.1 Å². The second-order valence-corrected chi connectivity index (χ2v) is 7.02. The highest BCUT2D eigenvalue weighted by Gasteiger charge is 2.14. The zero-order valence-corrected chi connectivity index (χ0v) is 20.9. The lowest BCUT2D eigenvalue weighted by atomic mass is 10.2. The van der Waals surface area contributed by atoms with Gasteiger partial charge in [0.2, 0.25) is 0 Å². The highest BCUT2D eigenvalue weighted by atomic mass is 127. The molecular weight excluding hydrogens is 497 g/mol. The van der Waals surface area contributed by atoms with Crippen LogP contribution in [0.25, 0.3) is 0 Å². The molecule has 0 bridgehead atoms. The average molecular weight is 535 g/mol. The van der Waals surface area contributed by atoms with Crippen LogP contribution in [0.15, 0.2) is 23.2 Å². The van der Waals surface area contributed by atoms with Crippen molar-refractivity contribution < 1.29 is 18.9 Å². The van der Waals surface area contributed by atoms with Crippen LogP contribution < -0.4 is 20.1 Å². The Balaban J connectivity index is 0.00000450. The molecule has 1 unspecified atom stereocenters. The van der Waals surface area contributed by atoms with Crippen molar-refractivity contribution in [2.75, 3.05) is 46.6 Å². The van der Waals surface area contributed by atoms with Crippen molar-refractivity contribution in [2.24, 2.45) is 4.99 Å². The monoisotopic (exact) mass is 535 g/mol. The molecule has 1 heterocycles. The van der Waals surface area contributed by atoms with E-state index < -0.39 is 0 Å². The summed E-state index contributed by atoms with van der Waals surface area (Å²) in [5.74, 6) is 2.32. The SMILES string of the molecule is CCCOc1ccc(CN=C(NCC)NCCCOCC2CCCO2)cc1OC.I. The summed E-state index contributed by atoms with van der Waals surface area (Å²) < 4.78 is 22.4. The van der Waals surface area contributed by atoms with Crippen molar-refractivity contribution in [3.05, 3.63) is 23.8 Å². The maximum atomic E-state index is 5.71. The highest BCUT2D eigenvalue weighted by Crippen LogP contribution is 2.28. The number of hydrogen-bond donors (Lipinski definition) is 2. The molecule has 30 heavy (non-hydrogen) atoms. The Morgan fingerprint density at radius 2 is 2.07 bits per heavy atom. The van der Waals surface area contributed by atoms with Gasteiger partial charge in [-0.05, 0) is 50.3 Å². The van der Waals surface area contributed by atoms with Crippen molar-refractivity contribution in [2.45, 2.75) is 52.2 Å². The number of nitrogens with zero attached hydrogens (tertiary/aromatic N) is 1. The molecule has 172 valence electrons. The number of halogens is 1. The summed E-state index contributed by atoms with van der Waals surface area (Å²) >= 11 is 0. The van der Waals surface area contributed by atoms with Crippen LogP contribution in [-0.2, 0) is 16.0 Å². The minimum absolute atomic E-state index is 0. The van der Waals surface area contributed by atoms with E-state index in [2.05, 4.69) is 29.5 Å². The van der Waals surface area contributed by atoms with Crippen LogP contribution in [0.2, 0.25) is 0 Å². The Labute approximate surface area is 198 Å². The molecule has 1 aromatic carbocycles. The Hall–Kier alpha value is -1.26. The van der Waals surface area contributed by atoms with Gasteiger partial charge in [-0.2, -0.15) is 0 Å². The molecule has 0 spiro atoms. The van der Waals surface area contributed by atoms with Crippen molar-refractivity contribution in [1.29, 1.82) is 0 Å². The van der Waals surface area contributed by atoms with E-state index in [1.807, 2.05) is 18.2 Å². The molecule has 0 saturated carbocycles. The lowest BCUT2D eigenvalue weighted by Crippen LogP contribution is -2.38. The normalized spacial score (nSPS) is 16.1. The van der Waals surface area contributed by atoms with Gasteiger partial charge in [0.25, 0.3) is 0 Å². The van der Waals surface area contributed by atoms with Crippen LogP contribution in [0, 0.1) is 0 Å². The van der Waals surface area contributed by atoms with Crippen LogP contribution in [0.4, 0.5) is 0 Å². The summed E-state index contributed by atoms with van der Waals surface area (Å²) in [5, 5.41) is 6.64. The summed E-state index contributed by atoms with van der Waals surface area (Å²) in [5.41, 5.74) is 1.07. The second-order valence-electron chi connectivity index (χ2n) is 7.02. The first-order valence-corrected chi connectivity index (χ1v) is 10.8. The number of hydrogen-bond acceptors (Lipinski definition) is 5. The average Bonchev–Trinajstić information content (AvgIpc) is 3.26. The number of nitrogens with one attached hydrogen (secondary N) is 2. The Morgan fingerprint density at radius 3 is 2.77 bits per heavy atom. The summed E-state index contributed by atoms with van der Waals surface area (Å²) in [6.07, 6.45) is 4.45. The first kappa shape index (κ1) is 26.8. The van der Waals surface area contributed by atoms with Crippen LogP contribution in [0.3, 0.4) is 0 Å². The van der Waals surface area contributed by atoms with Crippen molar-refractivity contribution >= 4 is 29.9 Å². The quantitative estimate of drug-likeness (QED) is 0.174. The molecule has 1 saturated heterocycles. The van der Waals surface area contributed by atoms with E-state index in [1.165, 1.54) is 0 Å². The number of guanidine groups is 1. The van der Waals surface area contributed by atoms with Gasteiger partial charge >= 0.3 is 0 Å². The number of methoxy groups -OCH3 is 1. The molecule has 0 aliphatic carbocycles. The first-order valence-electron chi connectivity index (χ1n) is 10.8. The molecule has 1 atom stereocenters. The van der Waals surface area contributed by atoms with Gasteiger partial charge in [0.05, 0.1) is 33.0 Å². The van der Waals surface area contributed by atoms with Gasteiger partial charge in [-0.15, -0.1) is 24.0 Å². The largest absolute Gasteiger partial charge is 0.493 e. The van der Waals surface area contributed by atoms with Gasteiger partial charge in [-0.25, -0.2) is 4.99 Å². The summed E-state index contributed by atoms with van der Waals surface area (Å²) in [6, 6.07) is 5.96.